The SMILES string of the molecule is CO.Cl.Cl.NC(N)=Nc1nc(CSCCc2nc(=O)c(-c3ccccc3)c[nH]2)cs1. The number of H-pyrrole nitrogens is 1. The van der Waals surface area contributed by atoms with Crippen LogP contribution in [0.25, 0.3) is 11.1 Å². The van der Waals surface area contributed by atoms with Crippen molar-refractivity contribution in [2.45, 2.75) is 12.2 Å². The van der Waals surface area contributed by atoms with E-state index in [1.165, 1.54) is 11.3 Å². The van der Waals surface area contributed by atoms with E-state index in [4.69, 9.17) is 16.6 Å². The number of aliphatic hydroxyl groups excluding tert-OH is 1. The number of benzene rings is 1. The molecule has 3 rings (SSSR count). The van der Waals surface area contributed by atoms with E-state index in [0.29, 0.717) is 22.9 Å². The molecule has 2 aromatic heterocycles. The normalized spacial score (nSPS) is 9.40. The van der Waals surface area contributed by atoms with Crippen molar-refractivity contribution in [1.82, 2.24) is 15.0 Å². The van der Waals surface area contributed by atoms with E-state index in [9.17, 15) is 4.79 Å². The van der Waals surface area contributed by atoms with Crippen LogP contribution in [0.3, 0.4) is 0 Å². The Labute approximate surface area is 195 Å². The average molecular weight is 491 g/mol. The van der Waals surface area contributed by atoms with E-state index in [1.54, 1.807) is 18.0 Å². The van der Waals surface area contributed by atoms with Gasteiger partial charge in [-0.15, -0.1) is 36.2 Å². The third kappa shape index (κ3) is 8.72. The van der Waals surface area contributed by atoms with Crippen molar-refractivity contribution in [2.24, 2.45) is 16.5 Å². The fourth-order valence-corrected chi connectivity index (χ4v) is 3.90. The van der Waals surface area contributed by atoms with Crippen LogP contribution >= 0.6 is 47.9 Å². The van der Waals surface area contributed by atoms with Crippen molar-refractivity contribution in [3.05, 3.63) is 63.8 Å². The molecule has 0 fully saturated rings. The van der Waals surface area contributed by atoms with E-state index < -0.39 is 0 Å². The minimum Gasteiger partial charge on any atom is -0.400 e. The second kappa shape index (κ2) is 14.8. The van der Waals surface area contributed by atoms with Gasteiger partial charge in [-0.25, -0.2) is 4.98 Å². The van der Waals surface area contributed by atoms with Crippen LogP contribution in [0.2, 0.25) is 0 Å². The second-order valence-corrected chi connectivity index (χ2v) is 7.33. The van der Waals surface area contributed by atoms with Crippen molar-refractivity contribution < 1.29 is 5.11 Å². The third-order valence-corrected chi connectivity index (χ3v) is 5.21. The van der Waals surface area contributed by atoms with Gasteiger partial charge in [0.05, 0.1) is 11.3 Å². The number of rotatable bonds is 7. The summed E-state index contributed by atoms with van der Waals surface area (Å²) in [5, 5.41) is 9.49. The summed E-state index contributed by atoms with van der Waals surface area (Å²) in [4.78, 5) is 27.7. The Morgan fingerprint density at radius 1 is 1.20 bits per heavy atom. The monoisotopic (exact) mass is 490 g/mol. The number of aryl methyl sites for hydroxylation is 1. The fraction of sp³-hybridized carbons (Fsp3) is 0.222. The zero-order valence-electron chi connectivity index (χ0n) is 16.1. The zero-order chi connectivity index (χ0) is 20.4. The highest BCUT2D eigenvalue weighted by atomic mass is 35.5. The van der Waals surface area contributed by atoms with Gasteiger partial charge in [0.1, 0.15) is 5.82 Å². The van der Waals surface area contributed by atoms with Crippen LogP contribution in [0.15, 0.2) is 51.7 Å². The van der Waals surface area contributed by atoms with Crippen LogP contribution in [0.5, 0.6) is 0 Å². The maximum Gasteiger partial charge on any atom is 0.280 e. The summed E-state index contributed by atoms with van der Waals surface area (Å²) < 4.78 is 0. The Bertz CT molecular complexity index is 963. The van der Waals surface area contributed by atoms with Crippen LogP contribution in [0, 0.1) is 0 Å². The summed E-state index contributed by atoms with van der Waals surface area (Å²) in [6, 6.07) is 9.50. The number of hydrogen-bond donors (Lipinski definition) is 4. The molecule has 0 aliphatic rings. The molecule has 0 saturated carbocycles. The maximum absolute atomic E-state index is 12.2. The third-order valence-electron chi connectivity index (χ3n) is 3.43. The first-order valence-electron chi connectivity index (χ1n) is 8.32. The predicted molar refractivity (Wildman–Crippen MR) is 130 cm³/mol. The van der Waals surface area contributed by atoms with Crippen LogP contribution < -0.4 is 17.0 Å². The van der Waals surface area contributed by atoms with Crippen molar-refractivity contribution in [1.29, 1.82) is 0 Å². The van der Waals surface area contributed by atoms with Crippen molar-refractivity contribution in [2.75, 3.05) is 12.9 Å². The molecule has 2 heterocycles. The number of nitrogens with two attached hydrogens (primary N) is 2. The molecule has 1 aromatic carbocycles. The van der Waals surface area contributed by atoms with E-state index in [-0.39, 0.29) is 36.3 Å². The maximum atomic E-state index is 12.2. The highest BCUT2D eigenvalue weighted by Gasteiger charge is 2.06. The average Bonchev–Trinajstić information content (AvgIpc) is 3.14. The molecular weight excluding hydrogens is 467 g/mol. The number of guanidine groups is 1. The number of aliphatic imine (C=N–C) groups is 1. The Balaban J connectivity index is 0.00000204. The van der Waals surface area contributed by atoms with Gasteiger partial charge < -0.3 is 21.6 Å². The molecule has 3 aromatic rings. The number of hydrogen-bond acceptors (Lipinski definition) is 7. The summed E-state index contributed by atoms with van der Waals surface area (Å²) >= 11 is 3.11. The topological polar surface area (TPSA) is 143 Å². The van der Waals surface area contributed by atoms with Crippen molar-refractivity contribution >= 4 is 59.0 Å². The number of aliphatic hydroxyl groups is 1. The first-order chi connectivity index (χ1) is 13.6. The molecule has 0 saturated heterocycles. The van der Waals surface area contributed by atoms with Crippen LogP contribution in [0.1, 0.15) is 11.5 Å². The van der Waals surface area contributed by atoms with E-state index in [1.807, 2.05) is 35.7 Å². The highest BCUT2D eigenvalue weighted by Crippen LogP contribution is 2.22. The van der Waals surface area contributed by atoms with Gasteiger partial charge >= 0.3 is 0 Å². The molecule has 8 nitrogen and oxygen atoms in total. The molecule has 0 atom stereocenters. The smallest absolute Gasteiger partial charge is 0.280 e. The standard InChI is InChI=1S/C17H18N6OS2.CH4O.2ClH/c18-16(19)23-17-21-12(10-26-17)9-25-7-6-14-20-8-13(15(24)22-14)11-4-2-1-3-5-11;1-2;;/h1-5,8,10H,6-7,9H2,(H,20,22,24)(H4,18,19,21,23);2H,1H3;2*1H. The van der Waals surface area contributed by atoms with Gasteiger partial charge in [-0.3, -0.25) is 4.79 Å². The molecule has 30 heavy (non-hydrogen) atoms. The number of thiazole rings is 1. The molecule has 12 heteroatoms. The summed E-state index contributed by atoms with van der Waals surface area (Å²) in [5.41, 5.74) is 12.8. The largest absolute Gasteiger partial charge is 0.400 e. The predicted octanol–water partition coefficient (Wildman–Crippen LogP) is 2.73. The summed E-state index contributed by atoms with van der Waals surface area (Å²) in [6.45, 7) is 0. The number of nitrogens with one attached hydrogen (secondary N) is 1. The quantitative estimate of drug-likeness (QED) is 0.226. The van der Waals surface area contributed by atoms with Crippen molar-refractivity contribution in [3.63, 3.8) is 0 Å². The van der Waals surface area contributed by atoms with Crippen LogP contribution in [-0.2, 0) is 12.2 Å². The second-order valence-electron chi connectivity index (χ2n) is 5.39. The van der Waals surface area contributed by atoms with E-state index in [2.05, 4.69) is 19.9 Å². The van der Waals surface area contributed by atoms with Crippen LogP contribution in [-0.4, -0.2) is 38.9 Å². The van der Waals surface area contributed by atoms with Gasteiger partial charge in [0.2, 0.25) is 5.13 Å². The molecule has 164 valence electrons. The molecule has 0 aliphatic carbocycles. The molecule has 0 spiro atoms. The zero-order valence-corrected chi connectivity index (χ0v) is 19.4. The number of aromatic nitrogens is 3. The molecule has 0 aliphatic heterocycles. The lowest BCUT2D eigenvalue weighted by molar-refractivity contribution is 0.399. The summed E-state index contributed by atoms with van der Waals surface area (Å²) in [6.07, 6.45) is 2.41. The van der Waals surface area contributed by atoms with E-state index >= 15 is 0 Å². The summed E-state index contributed by atoms with van der Waals surface area (Å²) in [7, 11) is 1.00. The lowest BCUT2D eigenvalue weighted by Gasteiger charge is -2.03. The molecular formula is C18H24Cl2N6O2S2. The fourth-order valence-electron chi connectivity index (χ4n) is 2.25. The number of nitrogens with zero attached hydrogens (tertiary/aromatic N) is 3. The molecule has 0 amide bonds. The lowest BCUT2D eigenvalue weighted by atomic mass is 10.1. The van der Waals surface area contributed by atoms with Gasteiger partial charge in [-0.2, -0.15) is 21.7 Å². The van der Waals surface area contributed by atoms with Crippen molar-refractivity contribution in [3.8, 4) is 11.1 Å². The number of thioether (sulfide) groups is 1. The number of halogens is 2. The number of aromatic amines is 1. The first-order valence-corrected chi connectivity index (χ1v) is 10.4. The van der Waals surface area contributed by atoms with E-state index in [0.717, 1.165) is 29.9 Å². The molecule has 0 radical (unpaired) electrons. The Kier molecular flexibility index (Phi) is 13.8. The Morgan fingerprint density at radius 2 is 1.90 bits per heavy atom. The molecule has 0 unspecified atom stereocenters. The van der Waals surface area contributed by atoms with Gasteiger partial charge in [-0.1, -0.05) is 30.3 Å². The lowest BCUT2D eigenvalue weighted by Crippen LogP contribution is -2.21. The van der Waals surface area contributed by atoms with Gasteiger partial charge in [0.25, 0.3) is 5.56 Å². The minimum atomic E-state index is -0.212. The summed E-state index contributed by atoms with van der Waals surface area (Å²) in [5.74, 6) is 2.26. The molecule has 6 N–H and O–H groups in total. The minimum absolute atomic E-state index is 0. The molecule has 0 bridgehead atoms. The Morgan fingerprint density at radius 3 is 2.53 bits per heavy atom. The first kappa shape index (κ1) is 27.9. The Hall–Kier alpha value is -2.11. The van der Waals surface area contributed by atoms with Crippen LogP contribution in [0.4, 0.5) is 5.13 Å². The van der Waals surface area contributed by atoms with Gasteiger partial charge in [0, 0.05) is 36.6 Å². The highest BCUT2D eigenvalue weighted by molar-refractivity contribution is 7.98. The van der Waals surface area contributed by atoms with Gasteiger partial charge in [0.15, 0.2) is 5.96 Å². The van der Waals surface area contributed by atoms with Gasteiger partial charge in [-0.05, 0) is 5.56 Å².